The average Bonchev–Trinajstić information content (AvgIpc) is 3.29. The highest BCUT2D eigenvalue weighted by Gasteiger charge is 2.31. The van der Waals surface area contributed by atoms with Gasteiger partial charge < -0.3 is 20.1 Å². The van der Waals surface area contributed by atoms with Crippen LogP contribution in [-0.4, -0.2) is 36.6 Å². The number of carbonyl (C=O) groups excluding carboxylic acids is 2. The third-order valence-electron chi connectivity index (χ3n) is 6.11. The lowest BCUT2D eigenvalue weighted by molar-refractivity contribution is -0.130. The number of ether oxygens (including phenoxy) is 2. The highest BCUT2D eigenvalue weighted by atomic mass is 16.5. The standard InChI is InChI=1S/C24H29N3O4/c1-30-21-7-6-16(13-22(21)31-20-4-2-3-5-20)18-12-17(24(29)26-15-18)14-23(28)27-19-8-10-25-11-9-19/h6-11,13,17-18,20H,2-5,12,14-15H2,1H3,(H,26,29)(H,25,27,28). The Morgan fingerprint density at radius 1 is 1.16 bits per heavy atom. The summed E-state index contributed by atoms with van der Waals surface area (Å²) in [6.07, 6.45) is 8.77. The van der Waals surface area contributed by atoms with E-state index in [1.165, 1.54) is 12.8 Å². The molecule has 2 fully saturated rings. The summed E-state index contributed by atoms with van der Waals surface area (Å²) in [5, 5.41) is 5.80. The van der Waals surface area contributed by atoms with Crippen molar-refractivity contribution in [3.63, 3.8) is 0 Å². The molecule has 0 radical (unpaired) electrons. The molecule has 0 spiro atoms. The van der Waals surface area contributed by atoms with E-state index in [9.17, 15) is 9.59 Å². The van der Waals surface area contributed by atoms with Crippen LogP contribution in [0.15, 0.2) is 42.7 Å². The normalized spacial score (nSPS) is 21.4. The van der Waals surface area contributed by atoms with Crippen molar-refractivity contribution < 1.29 is 19.1 Å². The minimum absolute atomic E-state index is 0.0722. The average molecular weight is 424 g/mol. The van der Waals surface area contributed by atoms with Crippen molar-refractivity contribution in [3.8, 4) is 11.5 Å². The molecule has 7 heteroatoms. The summed E-state index contributed by atoms with van der Waals surface area (Å²) >= 11 is 0. The minimum Gasteiger partial charge on any atom is -0.493 e. The summed E-state index contributed by atoms with van der Waals surface area (Å²) < 4.78 is 11.7. The number of methoxy groups -OCH3 is 1. The third-order valence-corrected chi connectivity index (χ3v) is 6.11. The third kappa shape index (κ3) is 5.34. The number of amides is 2. The molecule has 2 aliphatic rings. The first-order chi connectivity index (χ1) is 15.1. The maximum atomic E-state index is 12.5. The molecular weight excluding hydrogens is 394 g/mol. The first-order valence-electron chi connectivity index (χ1n) is 10.9. The van der Waals surface area contributed by atoms with Gasteiger partial charge in [-0.25, -0.2) is 0 Å². The molecule has 2 heterocycles. The Kier molecular flexibility index (Phi) is 6.70. The zero-order chi connectivity index (χ0) is 21.6. The Balaban J connectivity index is 1.43. The topological polar surface area (TPSA) is 89.5 Å². The fourth-order valence-electron chi connectivity index (χ4n) is 4.43. The number of piperidine rings is 1. The minimum atomic E-state index is -0.373. The van der Waals surface area contributed by atoms with E-state index in [-0.39, 0.29) is 36.2 Å². The van der Waals surface area contributed by atoms with Crippen LogP contribution in [0.5, 0.6) is 11.5 Å². The predicted octanol–water partition coefficient (Wildman–Crippen LogP) is 3.66. The van der Waals surface area contributed by atoms with Gasteiger partial charge in [0.1, 0.15) is 0 Å². The van der Waals surface area contributed by atoms with Crippen molar-refractivity contribution in [1.29, 1.82) is 0 Å². The van der Waals surface area contributed by atoms with E-state index < -0.39 is 0 Å². The summed E-state index contributed by atoms with van der Waals surface area (Å²) in [5.74, 6) is 0.985. The van der Waals surface area contributed by atoms with Gasteiger partial charge in [0.05, 0.1) is 13.2 Å². The van der Waals surface area contributed by atoms with Crippen LogP contribution in [0.4, 0.5) is 5.69 Å². The second-order valence-corrected chi connectivity index (χ2v) is 8.30. The van der Waals surface area contributed by atoms with Crippen LogP contribution in [0.1, 0.15) is 50.0 Å². The summed E-state index contributed by atoms with van der Waals surface area (Å²) in [7, 11) is 1.65. The molecule has 2 N–H and O–H groups in total. The summed E-state index contributed by atoms with van der Waals surface area (Å²) in [4.78, 5) is 28.8. The summed E-state index contributed by atoms with van der Waals surface area (Å²) in [6, 6.07) is 9.45. The maximum absolute atomic E-state index is 12.5. The second-order valence-electron chi connectivity index (χ2n) is 8.30. The molecule has 2 atom stereocenters. The van der Waals surface area contributed by atoms with Gasteiger partial charge >= 0.3 is 0 Å². The molecule has 2 amide bonds. The maximum Gasteiger partial charge on any atom is 0.225 e. The molecule has 31 heavy (non-hydrogen) atoms. The number of rotatable bonds is 7. The lowest BCUT2D eigenvalue weighted by Crippen LogP contribution is -2.42. The SMILES string of the molecule is COc1ccc(C2CNC(=O)C(CC(=O)Nc3ccncc3)C2)cc1OC1CCCC1. The number of anilines is 1. The summed E-state index contributed by atoms with van der Waals surface area (Å²) in [6.45, 7) is 0.552. The molecular formula is C24H29N3O4. The van der Waals surface area contributed by atoms with Crippen LogP contribution in [0.3, 0.4) is 0 Å². The van der Waals surface area contributed by atoms with Gasteiger partial charge in [-0.1, -0.05) is 6.07 Å². The lowest BCUT2D eigenvalue weighted by atomic mass is 9.83. The van der Waals surface area contributed by atoms with E-state index >= 15 is 0 Å². The van der Waals surface area contributed by atoms with Crippen molar-refractivity contribution in [2.24, 2.45) is 5.92 Å². The molecule has 2 aromatic rings. The van der Waals surface area contributed by atoms with Crippen molar-refractivity contribution in [2.45, 2.75) is 50.5 Å². The monoisotopic (exact) mass is 423 g/mol. The number of nitrogens with zero attached hydrogens (tertiary/aromatic N) is 1. The van der Waals surface area contributed by atoms with Gasteiger partial charge in [0, 0.05) is 42.9 Å². The number of carbonyl (C=O) groups is 2. The van der Waals surface area contributed by atoms with Crippen LogP contribution in [0, 0.1) is 5.92 Å². The van der Waals surface area contributed by atoms with Gasteiger partial charge in [0.25, 0.3) is 0 Å². The number of nitrogens with one attached hydrogen (secondary N) is 2. The Morgan fingerprint density at radius 3 is 2.68 bits per heavy atom. The van der Waals surface area contributed by atoms with Crippen LogP contribution in [0.2, 0.25) is 0 Å². The first-order valence-corrected chi connectivity index (χ1v) is 10.9. The Bertz CT molecular complexity index is 912. The molecule has 1 saturated carbocycles. The molecule has 4 rings (SSSR count). The van der Waals surface area contributed by atoms with Crippen molar-refractivity contribution in [3.05, 3.63) is 48.3 Å². The Morgan fingerprint density at radius 2 is 1.94 bits per heavy atom. The van der Waals surface area contributed by atoms with Gasteiger partial charge in [0.2, 0.25) is 11.8 Å². The number of benzene rings is 1. The lowest BCUT2D eigenvalue weighted by Gasteiger charge is -2.29. The largest absolute Gasteiger partial charge is 0.493 e. The highest BCUT2D eigenvalue weighted by molar-refractivity contribution is 5.94. The van der Waals surface area contributed by atoms with E-state index in [1.807, 2.05) is 18.2 Å². The highest BCUT2D eigenvalue weighted by Crippen LogP contribution is 2.37. The van der Waals surface area contributed by atoms with E-state index in [2.05, 4.69) is 15.6 Å². The number of hydrogen-bond acceptors (Lipinski definition) is 5. The van der Waals surface area contributed by atoms with E-state index in [0.29, 0.717) is 18.7 Å². The van der Waals surface area contributed by atoms with Gasteiger partial charge in [0.15, 0.2) is 11.5 Å². The number of aromatic nitrogens is 1. The zero-order valence-corrected chi connectivity index (χ0v) is 17.8. The predicted molar refractivity (Wildman–Crippen MR) is 117 cm³/mol. The summed E-state index contributed by atoms with van der Waals surface area (Å²) in [5.41, 5.74) is 1.77. The quantitative estimate of drug-likeness (QED) is 0.709. The molecule has 7 nitrogen and oxygen atoms in total. The molecule has 1 aromatic carbocycles. The van der Waals surface area contributed by atoms with E-state index in [1.54, 1.807) is 31.6 Å². The van der Waals surface area contributed by atoms with E-state index in [4.69, 9.17) is 9.47 Å². The van der Waals surface area contributed by atoms with Crippen LogP contribution in [0.25, 0.3) is 0 Å². The first kappa shape index (κ1) is 21.2. The van der Waals surface area contributed by atoms with E-state index in [0.717, 1.165) is 29.9 Å². The van der Waals surface area contributed by atoms with Gasteiger partial charge in [-0.2, -0.15) is 0 Å². The van der Waals surface area contributed by atoms with Crippen LogP contribution < -0.4 is 20.1 Å². The zero-order valence-electron chi connectivity index (χ0n) is 17.8. The van der Waals surface area contributed by atoms with Gasteiger partial charge in [-0.3, -0.25) is 14.6 Å². The Labute approximate surface area is 182 Å². The van der Waals surface area contributed by atoms with Crippen LogP contribution >= 0.6 is 0 Å². The molecule has 1 saturated heterocycles. The van der Waals surface area contributed by atoms with Gasteiger partial charge in [-0.15, -0.1) is 0 Å². The van der Waals surface area contributed by atoms with Crippen molar-refractivity contribution >= 4 is 17.5 Å². The fraction of sp³-hybridized carbons (Fsp3) is 0.458. The smallest absolute Gasteiger partial charge is 0.225 e. The van der Waals surface area contributed by atoms with Crippen molar-refractivity contribution in [1.82, 2.24) is 10.3 Å². The number of hydrogen-bond donors (Lipinski definition) is 2. The molecule has 1 aliphatic heterocycles. The fourth-order valence-corrected chi connectivity index (χ4v) is 4.43. The molecule has 0 bridgehead atoms. The molecule has 1 aromatic heterocycles. The Hall–Kier alpha value is -3.09. The molecule has 1 aliphatic carbocycles. The number of pyridine rings is 1. The molecule has 164 valence electrons. The van der Waals surface area contributed by atoms with Crippen LogP contribution in [-0.2, 0) is 9.59 Å². The molecule has 2 unspecified atom stereocenters. The second kappa shape index (κ2) is 9.81. The van der Waals surface area contributed by atoms with Gasteiger partial charge in [-0.05, 0) is 61.9 Å². The van der Waals surface area contributed by atoms with Crippen molar-refractivity contribution in [2.75, 3.05) is 19.0 Å².